The van der Waals surface area contributed by atoms with E-state index in [2.05, 4.69) is 58.7 Å². The molecule has 2 N–H and O–H groups in total. The molecule has 0 saturated heterocycles. The summed E-state index contributed by atoms with van der Waals surface area (Å²) in [5.41, 5.74) is 4.96. The summed E-state index contributed by atoms with van der Waals surface area (Å²) in [4.78, 5) is 17.6. The number of carbonyl (C=O) groups excluding carboxylic acids is 1. The Bertz CT molecular complexity index is 977. The monoisotopic (exact) mass is 385 g/mol. The zero-order valence-corrected chi connectivity index (χ0v) is 16.8. The second-order valence-corrected chi connectivity index (χ2v) is 6.90. The van der Waals surface area contributed by atoms with Crippen LogP contribution in [0, 0.1) is 0 Å². The summed E-state index contributed by atoms with van der Waals surface area (Å²) in [6, 6.07) is 12.4. The van der Waals surface area contributed by atoms with Gasteiger partial charge in [-0.2, -0.15) is 0 Å². The standard InChI is InChI=1S/C25H27N3O/c1-4-5-7-10-19(2)25(29)27-24-17-23(18-26-24)20(3)28-15-13-22(14-16-28)21-11-8-6-9-12-21/h4-13,17-18,26H,2-3,14-16H2,1H3,(H,27,29)/b5-4-,10-7-. The number of aromatic amines is 1. The lowest BCUT2D eigenvalue weighted by Crippen LogP contribution is -2.26. The van der Waals surface area contributed by atoms with E-state index >= 15 is 0 Å². The summed E-state index contributed by atoms with van der Waals surface area (Å²) in [5, 5.41) is 2.83. The van der Waals surface area contributed by atoms with Crippen molar-refractivity contribution < 1.29 is 4.79 Å². The molecular weight excluding hydrogens is 358 g/mol. The average molecular weight is 386 g/mol. The molecule has 2 heterocycles. The van der Waals surface area contributed by atoms with Crippen LogP contribution in [-0.4, -0.2) is 28.9 Å². The van der Waals surface area contributed by atoms with E-state index in [-0.39, 0.29) is 5.91 Å². The summed E-state index contributed by atoms with van der Waals surface area (Å²) < 4.78 is 0. The van der Waals surface area contributed by atoms with Crippen molar-refractivity contribution >= 4 is 23.0 Å². The highest BCUT2D eigenvalue weighted by molar-refractivity contribution is 6.05. The molecule has 3 rings (SSSR count). The van der Waals surface area contributed by atoms with Crippen LogP contribution in [0.2, 0.25) is 0 Å². The fourth-order valence-corrected chi connectivity index (χ4v) is 3.21. The van der Waals surface area contributed by atoms with Gasteiger partial charge in [0.15, 0.2) is 0 Å². The normalized spacial score (nSPS) is 14.2. The predicted octanol–water partition coefficient (Wildman–Crippen LogP) is 5.40. The Morgan fingerprint density at radius 1 is 1.21 bits per heavy atom. The molecule has 1 aliphatic heterocycles. The van der Waals surface area contributed by atoms with Gasteiger partial charge < -0.3 is 15.2 Å². The number of nitrogens with zero attached hydrogens (tertiary/aromatic N) is 1. The van der Waals surface area contributed by atoms with Crippen molar-refractivity contribution in [1.82, 2.24) is 9.88 Å². The van der Waals surface area contributed by atoms with Crippen LogP contribution in [0.3, 0.4) is 0 Å². The van der Waals surface area contributed by atoms with Crippen LogP contribution in [0.25, 0.3) is 11.3 Å². The molecule has 0 saturated carbocycles. The maximum atomic E-state index is 12.2. The van der Waals surface area contributed by atoms with E-state index in [1.165, 1.54) is 11.1 Å². The fraction of sp³-hybridized carbons (Fsp3) is 0.160. The third-order valence-electron chi connectivity index (χ3n) is 4.89. The highest BCUT2D eigenvalue weighted by Gasteiger charge is 2.16. The second-order valence-electron chi connectivity index (χ2n) is 6.90. The molecule has 0 fully saturated rings. The van der Waals surface area contributed by atoms with Gasteiger partial charge >= 0.3 is 0 Å². The average Bonchev–Trinajstić information content (AvgIpc) is 3.22. The van der Waals surface area contributed by atoms with Gasteiger partial charge in [-0.15, -0.1) is 0 Å². The molecule has 1 amide bonds. The van der Waals surface area contributed by atoms with Gasteiger partial charge in [-0.1, -0.05) is 73.9 Å². The zero-order valence-electron chi connectivity index (χ0n) is 16.8. The quantitative estimate of drug-likeness (QED) is 0.495. The van der Waals surface area contributed by atoms with Crippen LogP contribution in [0.1, 0.15) is 24.5 Å². The minimum Gasteiger partial charge on any atom is -0.367 e. The first-order valence-electron chi connectivity index (χ1n) is 9.75. The molecule has 4 nitrogen and oxygen atoms in total. The molecule has 0 spiro atoms. The molecule has 0 aliphatic carbocycles. The van der Waals surface area contributed by atoms with Gasteiger partial charge in [0.05, 0.1) is 0 Å². The number of nitrogens with one attached hydrogen (secondary N) is 2. The van der Waals surface area contributed by atoms with Crippen molar-refractivity contribution in [2.45, 2.75) is 13.3 Å². The SMILES string of the molecule is C=C(/C=C\C=C/C)C(=O)Nc1cc(C(=C)N2CC=C(c3ccccc3)CC2)c[nH]1. The minimum absolute atomic E-state index is 0.238. The molecule has 0 unspecified atom stereocenters. The van der Waals surface area contributed by atoms with Crippen molar-refractivity contribution in [3.05, 3.63) is 103 Å². The Morgan fingerprint density at radius 2 is 2.00 bits per heavy atom. The van der Waals surface area contributed by atoms with Crippen LogP contribution in [-0.2, 0) is 4.79 Å². The first-order chi connectivity index (χ1) is 14.1. The molecule has 2 aromatic rings. The summed E-state index contributed by atoms with van der Waals surface area (Å²) in [5.74, 6) is 0.391. The summed E-state index contributed by atoms with van der Waals surface area (Å²) in [7, 11) is 0. The number of allylic oxidation sites excluding steroid dienone is 3. The van der Waals surface area contributed by atoms with Gasteiger partial charge in [-0.05, 0) is 30.5 Å². The van der Waals surface area contributed by atoms with Gasteiger partial charge in [0.2, 0.25) is 0 Å². The Kier molecular flexibility index (Phi) is 6.69. The molecule has 29 heavy (non-hydrogen) atoms. The first-order valence-corrected chi connectivity index (χ1v) is 9.75. The van der Waals surface area contributed by atoms with Gasteiger partial charge in [0, 0.05) is 36.1 Å². The second kappa shape index (κ2) is 9.60. The molecule has 4 heteroatoms. The summed E-state index contributed by atoms with van der Waals surface area (Å²) in [6.45, 7) is 11.7. The Balaban J connectivity index is 1.59. The number of aromatic nitrogens is 1. The highest BCUT2D eigenvalue weighted by atomic mass is 16.1. The lowest BCUT2D eigenvalue weighted by Gasteiger charge is -2.29. The number of H-pyrrole nitrogens is 1. The molecule has 0 atom stereocenters. The Hall–Kier alpha value is -3.53. The van der Waals surface area contributed by atoms with E-state index in [1.54, 1.807) is 12.2 Å². The molecule has 1 aromatic heterocycles. The van der Waals surface area contributed by atoms with Crippen molar-refractivity contribution in [1.29, 1.82) is 0 Å². The number of hydrogen-bond acceptors (Lipinski definition) is 2. The van der Waals surface area contributed by atoms with E-state index in [9.17, 15) is 4.79 Å². The fourth-order valence-electron chi connectivity index (χ4n) is 3.21. The first kappa shape index (κ1) is 20.2. The number of anilines is 1. The topological polar surface area (TPSA) is 48.1 Å². The summed E-state index contributed by atoms with van der Waals surface area (Å²) >= 11 is 0. The van der Waals surface area contributed by atoms with Crippen molar-refractivity contribution in [2.24, 2.45) is 0 Å². The lowest BCUT2D eigenvalue weighted by atomic mass is 9.99. The van der Waals surface area contributed by atoms with Crippen LogP contribution < -0.4 is 5.32 Å². The van der Waals surface area contributed by atoms with E-state index in [0.29, 0.717) is 11.4 Å². The van der Waals surface area contributed by atoms with Crippen molar-refractivity contribution in [3.8, 4) is 0 Å². The van der Waals surface area contributed by atoms with E-state index in [0.717, 1.165) is 30.8 Å². The van der Waals surface area contributed by atoms with Crippen LogP contribution in [0.4, 0.5) is 5.82 Å². The van der Waals surface area contributed by atoms with Gasteiger partial charge in [0.1, 0.15) is 5.82 Å². The Labute approximate surface area is 172 Å². The van der Waals surface area contributed by atoms with E-state index in [1.807, 2.05) is 37.4 Å². The molecule has 1 aliphatic rings. The lowest BCUT2D eigenvalue weighted by molar-refractivity contribution is -0.112. The molecule has 0 bridgehead atoms. The third-order valence-corrected chi connectivity index (χ3v) is 4.89. The number of rotatable bonds is 7. The van der Waals surface area contributed by atoms with Crippen LogP contribution in [0.15, 0.2) is 91.7 Å². The summed E-state index contributed by atoms with van der Waals surface area (Å²) in [6.07, 6.45) is 12.3. The predicted molar refractivity (Wildman–Crippen MR) is 122 cm³/mol. The minimum atomic E-state index is -0.238. The molecular formula is C25H27N3O. The third kappa shape index (κ3) is 5.26. The number of hydrogen-bond donors (Lipinski definition) is 2. The van der Waals surface area contributed by atoms with E-state index in [4.69, 9.17) is 0 Å². The van der Waals surface area contributed by atoms with Crippen molar-refractivity contribution in [2.75, 3.05) is 18.4 Å². The van der Waals surface area contributed by atoms with Crippen molar-refractivity contribution in [3.63, 3.8) is 0 Å². The van der Waals surface area contributed by atoms with Gasteiger partial charge in [-0.3, -0.25) is 4.79 Å². The maximum Gasteiger partial charge on any atom is 0.256 e. The zero-order chi connectivity index (χ0) is 20.6. The Morgan fingerprint density at radius 3 is 2.69 bits per heavy atom. The smallest absolute Gasteiger partial charge is 0.256 e. The number of amides is 1. The van der Waals surface area contributed by atoms with E-state index < -0.39 is 0 Å². The van der Waals surface area contributed by atoms with Crippen LogP contribution >= 0.6 is 0 Å². The molecule has 148 valence electrons. The van der Waals surface area contributed by atoms with Gasteiger partial charge in [-0.25, -0.2) is 0 Å². The number of carbonyl (C=O) groups is 1. The van der Waals surface area contributed by atoms with Gasteiger partial charge in [0.25, 0.3) is 5.91 Å². The van der Waals surface area contributed by atoms with Crippen LogP contribution in [0.5, 0.6) is 0 Å². The largest absolute Gasteiger partial charge is 0.367 e. The maximum absolute atomic E-state index is 12.2. The molecule has 1 aromatic carbocycles. The number of benzene rings is 1. The highest BCUT2D eigenvalue weighted by Crippen LogP contribution is 2.27. The molecule has 0 radical (unpaired) electrons.